The Morgan fingerprint density at radius 3 is 2.43 bits per heavy atom. The van der Waals surface area contributed by atoms with Gasteiger partial charge in [0.15, 0.2) is 0 Å². The van der Waals surface area contributed by atoms with Crippen LogP contribution in [-0.2, 0) is 9.53 Å². The highest BCUT2D eigenvalue weighted by atomic mass is 16.6. The van der Waals surface area contributed by atoms with Gasteiger partial charge in [-0.15, -0.1) is 0 Å². The maximum Gasteiger partial charge on any atom is 0.412 e. The number of benzene rings is 2. The van der Waals surface area contributed by atoms with Gasteiger partial charge in [-0.3, -0.25) is 14.9 Å². The number of likely N-dealkylation sites (tertiary alicyclic amines) is 1. The van der Waals surface area contributed by atoms with Crippen LogP contribution in [0.3, 0.4) is 0 Å². The van der Waals surface area contributed by atoms with Crippen LogP contribution < -0.4 is 5.32 Å². The molecule has 0 bridgehead atoms. The minimum absolute atomic E-state index is 0.0262. The summed E-state index contributed by atoms with van der Waals surface area (Å²) < 4.78 is 10.2. The van der Waals surface area contributed by atoms with Crippen molar-refractivity contribution in [3.05, 3.63) is 65.4 Å². The molecule has 5 rings (SSSR count). The molecule has 1 unspecified atom stereocenters. The molecule has 1 fully saturated rings. The Kier molecular flexibility index (Phi) is 5.72. The molecule has 35 heavy (non-hydrogen) atoms. The Hall–Kier alpha value is -4.21. The molecule has 3 aromatic rings. The Labute approximate surface area is 200 Å². The number of fused-ring (bicyclic) bond motifs is 3. The predicted molar refractivity (Wildman–Crippen MR) is 124 cm³/mol. The lowest BCUT2D eigenvalue weighted by molar-refractivity contribution is -0.150. The van der Waals surface area contributed by atoms with Crippen LogP contribution in [0.1, 0.15) is 47.3 Å². The molecule has 2 amide bonds. The summed E-state index contributed by atoms with van der Waals surface area (Å²) in [6.07, 6.45) is 0.203. The highest BCUT2D eigenvalue weighted by molar-refractivity contribution is 6.00. The van der Waals surface area contributed by atoms with E-state index in [1.54, 1.807) is 6.92 Å². The SMILES string of the molecule is CC1(C(=O)O)CCCN(C(=O)c2nonc2NC(=O)OCC2c3ccccc3-c3ccccc32)C1. The number of carbonyl (C=O) groups is 3. The second-order valence-electron chi connectivity index (χ2n) is 9.11. The summed E-state index contributed by atoms with van der Waals surface area (Å²) in [7, 11) is 0. The van der Waals surface area contributed by atoms with E-state index in [1.165, 1.54) is 4.90 Å². The van der Waals surface area contributed by atoms with Crippen LogP contribution in [0, 0.1) is 5.41 Å². The summed E-state index contributed by atoms with van der Waals surface area (Å²) in [5.41, 5.74) is 3.12. The highest BCUT2D eigenvalue weighted by Crippen LogP contribution is 2.44. The number of carboxylic acid groups (broad SMARTS) is 1. The fourth-order valence-electron chi connectivity index (χ4n) is 4.88. The summed E-state index contributed by atoms with van der Waals surface area (Å²) in [5.74, 6) is -1.82. The van der Waals surface area contributed by atoms with E-state index >= 15 is 0 Å². The van der Waals surface area contributed by atoms with Gasteiger partial charge in [-0.05, 0) is 52.3 Å². The van der Waals surface area contributed by atoms with Gasteiger partial charge in [-0.25, -0.2) is 9.42 Å². The molecule has 2 aromatic carbocycles. The molecule has 0 saturated carbocycles. The van der Waals surface area contributed by atoms with Gasteiger partial charge < -0.3 is 14.7 Å². The van der Waals surface area contributed by atoms with Gasteiger partial charge in [-0.2, -0.15) is 0 Å². The quantitative estimate of drug-likeness (QED) is 0.568. The van der Waals surface area contributed by atoms with Crippen molar-refractivity contribution in [3.8, 4) is 11.1 Å². The van der Waals surface area contributed by atoms with Crippen LogP contribution in [0.15, 0.2) is 53.2 Å². The standard InChI is InChI=1S/C25H24N4O6/c1-25(23(31)32)11-6-12-29(14-25)22(30)20-21(28-35-27-20)26-24(33)34-13-19-17-9-4-2-7-15(17)16-8-3-5-10-18(16)19/h2-5,7-10,19H,6,11-14H2,1H3,(H,31,32)(H,26,28,33). The van der Waals surface area contributed by atoms with E-state index in [0.29, 0.717) is 19.4 Å². The first-order valence-corrected chi connectivity index (χ1v) is 11.3. The number of ether oxygens (including phenoxy) is 1. The maximum absolute atomic E-state index is 13.0. The Bertz CT molecular complexity index is 1260. The summed E-state index contributed by atoms with van der Waals surface area (Å²) >= 11 is 0. The number of piperidine rings is 1. The van der Waals surface area contributed by atoms with Gasteiger partial charge in [0, 0.05) is 19.0 Å². The second kappa shape index (κ2) is 8.86. The molecule has 180 valence electrons. The van der Waals surface area contributed by atoms with Crippen LogP contribution in [0.4, 0.5) is 10.6 Å². The van der Waals surface area contributed by atoms with E-state index in [1.807, 2.05) is 48.5 Å². The number of aliphatic carboxylic acids is 1. The molecule has 10 heteroatoms. The predicted octanol–water partition coefficient (Wildman–Crippen LogP) is 3.76. The minimum atomic E-state index is -1.05. The third kappa shape index (κ3) is 4.11. The van der Waals surface area contributed by atoms with Gasteiger partial charge in [0.25, 0.3) is 5.91 Å². The van der Waals surface area contributed by atoms with E-state index < -0.39 is 23.4 Å². The molecule has 1 aliphatic heterocycles. The second-order valence-corrected chi connectivity index (χ2v) is 9.11. The number of nitrogens with zero attached hydrogens (tertiary/aromatic N) is 3. The van der Waals surface area contributed by atoms with Crippen LogP contribution in [0.5, 0.6) is 0 Å². The lowest BCUT2D eigenvalue weighted by Gasteiger charge is -2.37. The van der Waals surface area contributed by atoms with Crippen LogP contribution in [-0.4, -0.2) is 58.0 Å². The van der Waals surface area contributed by atoms with Crippen LogP contribution >= 0.6 is 0 Å². The summed E-state index contributed by atoms with van der Waals surface area (Å²) in [5, 5.41) is 19.2. The lowest BCUT2D eigenvalue weighted by atomic mass is 9.82. The van der Waals surface area contributed by atoms with E-state index in [0.717, 1.165) is 22.3 Å². The third-order valence-electron chi connectivity index (χ3n) is 6.76. The van der Waals surface area contributed by atoms with Crippen molar-refractivity contribution in [1.82, 2.24) is 15.2 Å². The molecule has 2 aliphatic rings. The number of hydrogen-bond donors (Lipinski definition) is 2. The van der Waals surface area contributed by atoms with Gasteiger partial charge in [-0.1, -0.05) is 48.5 Å². The van der Waals surface area contributed by atoms with Crippen LogP contribution in [0.2, 0.25) is 0 Å². The normalized spacial score (nSPS) is 19.1. The largest absolute Gasteiger partial charge is 0.481 e. The monoisotopic (exact) mass is 476 g/mol. The average Bonchev–Trinajstić information content (AvgIpc) is 3.44. The summed E-state index contributed by atoms with van der Waals surface area (Å²) in [4.78, 5) is 38.6. The number of carbonyl (C=O) groups excluding carboxylic acids is 2. The van der Waals surface area contributed by atoms with E-state index in [4.69, 9.17) is 9.37 Å². The molecular weight excluding hydrogens is 452 g/mol. The van der Waals surface area contributed by atoms with Crippen LogP contribution in [0.25, 0.3) is 11.1 Å². The first-order chi connectivity index (χ1) is 16.9. The molecule has 0 radical (unpaired) electrons. The highest BCUT2D eigenvalue weighted by Gasteiger charge is 2.41. The van der Waals surface area contributed by atoms with Crippen molar-refractivity contribution in [2.24, 2.45) is 5.41 Å². The van der Waals surface area contributed by atoms with E-state index in [2.05, 4.69) is 15.6 Å². The fourth-order valence-corrected chi connectivity index (χ4v) is 4.88. The molecular formula is C25H24N4O6. The molecule has 1 saturated heterocycles. The Morgan fingerprint density at radius 2 is 1.77 bits per heavy atom. The zero-order valence-electron chi connectivity index (χ0n) is 19.1. The molecule has 2 heterocycles. The molecule has 1 aliphatic carbocycles. The Morgan fingerprint density at radius 1 is 1.11 bits per heavy atom. The fraction of sp³-hybridized carbons (Fsp3) is 0.320. The van der Waals surface area contributed by atoms with Gasteiger partial charge in [0.2, 0.25) is 11.5 Å². The van der Waals surface area contributed by atoms with Crippen molar-refractivity contribution in [1.29, 1.82) is 0 Å². The lowest BCUT2D eigenvalue weighted by Crippen LogP contribution is -2.48. The van der Waals surface area contributed by atoms with Crippen molar-refractivity contribution >= 4 is 23.8 Å². The zero-order valence-corrected chi connectivity index (χ0v) is 19.1. The van der Waals surface area contributed by atoms with E-state index in [-0.39, 0.29) is 30.6 Å². The number of amides is 2. The van der Waals surface area contributed by atoms with Gasteiger partial charge in [0.1, 0.15) is 6.61 Å². The van der Waals surface area contributed by atoms with Crippen molar-refractivity contribution in [2.45, 2.75) is 25.7 Å². The van der Waals surface area contributed by atoms with Gasteiger partial charge in [0.05, 0.1) is 5.41 Å². The molecule has 0 spiro atoms. The van der Waals surface area contributed by atoms with Crippen molar-refractivity contribution in [3.63, 3.8) is 0 Å². The number of aromatic nitrogens is 2. The molecule has 1 aromatic heterocycles. The summed E-state index contributed by atoms with van der Waals surface area (Å²) in [6, 6.07) is 16.0. The topological polar surface area (TPSA) is 135 Å². The van der Waals surface area contributed by atoms with Gasteiger partial charge >= 0.3 is 12.1 Å². The zero-order chi connectivity index (χ0) is 24.6. The molecule has 1 atom stereocenters. The third-order valence-corrected chi connectivity index (χ3v) is 6.76. The molecule has 2 N–H and O–H groups in total. The molecule has 10 nitrogen and oxygen atoms in total. The summed E-state index contributed by atoms with van der Waals surface area (Å²) in [6.45, 7) is 2.10. The van der Waals surface area contributed by atoms with Crippen molar-refractivity contribution < 1.29 is 28.9 Å². The maximum atomic E-state index is 13.0. The minimum Gasteiger partial charge on any atom is -0.481 e. The van der Waals surface area contributed by atoms with Crippen molar-refractivity contribution in [2.75, 3.05) is 25.0 Å². The number of carboxylic acids is 1. The number of nitrogens with one attached hydrogen (secondary N) is 1. The Balaban J connectivity index is 1.26. The first-order valence-electron chi connectivity index (χ1n) is 11.3. The smallest absolute Gasteiger partial charge is 0.412 e. The number of anilines is 1. The first kappa shape index (κ1) is 22.6. The number of rotatable bonds is 5. The number of hydrogen-bond acceptors (Lipinski definition) is 7. The van der Waals surface area contributed by atoms with E-state index in [9.17, 15) is 19.5 Å². The average molecular weight is 476 g/mol.